The van der Waals surface area contributed by atoms with Crippen LogP contribution in [0, 0.1) is 0 Å². The lowest BCUT2D eigenvalue weighted by Gasteiger charge is -2.03. The molecule has 0 saturated heterocycles. The molecule has 1 N–H and O–H groups in total. The van der Waals surface area contributed by atoms with Gasteiger partial charge in [0.25, 0.3) is 0 Å². The van der Waals surface area contributed by atoms with Crippen molar-refractivity contribution in [2.45, 2.75) is 46.3 Å². The van der Waals surface area contributed by atoms with Gasteiger partial charge in [-0.2, -0.15) is 5.10 Å². The summed E-state index contributed by atoms with van der Waals surface area (Å²) in [4.78, 5) is 4.49. The zero-order valence-corrected chi connectivity index (χ0v) is 11.8. The average Bonchev–Trinajstić information content (AvgIpc) is 3.02. The van der Waals surface area contributed by atoms with Crippen molar-refractivity contribution in [3.05, 3.63) is 23.5 Å². The summed E-state index contributed by atoms with van der Waals surface area (Å²) >= 11 is 0. The SMILES string of the molecule is CCc1nc(CC)n(CCn2cc(CNC)nn2)n1. The molecule has 0 aliphatic rings. The van der Waals surface area contributed by atoms with Gasteiger partial charge in [-0.1, -0.05) is 19.1 Å². The average molecular weight is 263 g/mol. The van der Waals surface area contributed by atoms with Crippen molar-refractivity contribution in [2.75, 3.05) is 7.05 Å². The minimum atomic E-state index is 0.740. The highest BCUT2D eigenvalue weighted by Crippen LogP contribution is 2.02. The van der Waals surface area contributed by atoms with Crippen LogP contribution < -0.4 is 5.32 Å². The molecule has 0 atom stereocenters. The molecule has 104 valence electrons. The maximum absolute atomic E-state index is 4.49. The largest absolute Gasteiger partial charge is 0.314 e. The van der Waals surface area contributed by atoms with Crippen molar-refractivity contribution in [3.63, 3.8) is 0 Å². The molecule has 0 radical (unpaired) electrons. The molecule has 0 spiro atoms. The van der Waals surface area contributed by atoms with E-state index in [0.717, 1.165) is 49.8 Å². The van der Waals surface area contributed by atoms with E-state index in [4.69, 9.17) is 0 Å². The molecular weight excluding hydrogens is 242 g/mol. The van der Waals surface area contributed by atoms with Crippen molar-refractivity contribution in [2.24, 2.45) is 0 Å². The van der Waals surface area contributed by atoms with Gasteiger partial charge in [0.2, 0.25) is 0 Å². The number of rotatable bonds is 7. The van der Waals surface area contributed by atoms with E-state index in [9.17, 15) is 0 Å². The van der Waals surface area contributed by atoms with Gasteiger partial charge in [-0.3, -0.25) is 4.68 Å². The summed E-state index contributed by atoms with van der Waals surface area (Å²) in [5.74, 6) is 1.94. The number of nitrogens with one attached hydrogen (secondary N) is 1. The maximum atomic E-state index is 4.49. The Hall–Kier alpha value is -1.76. The molecule has 7 heteroatoms. The monoisotopic (exact) mass is 263 g/mol. The van der Waals surface area contributed by atoms with Crippen LogP contribution in [-0.4, -0.2) is 36.8 Å². The smallest absolute Gasteiger partial charge is 0.150 e. The molecule has 0 unspecified atom stereocenters. The highest BCUT2D eigenvalue weighted by Gasteiger charge is 2.07. The fourth-order valence-electron chi connectivity index (χ4n) is 1.92. The second kappa shape index (κ2) is 6.42. The lowest BCUT2D eigenvalue weighted by atomic mass is 10.4. The quantitative estimate of drug-likeness (QED) is 0.783. The van der Waals surface area contributed by atoms with E-state index < -0.39 is 0 Å². The van der Waals surface area contributed by atoms with Gasteiger partial charge in [0.1, 0.15) is 5.82 Å². The summed E-state index contributed by atoms with van der Waals surface area (Å²) in [6.07, 6.45) is 3.73. The number of hydrogen-bond acceptors (Lipinski definition) is 5. The lowest BCUT2D eigenvalue weighted by molar-refractivity contribution is 0.475. The van der Waals surface area contributed by atoms with Crippen LogP contribution in [-0.2, 0) is 32.5 Å². The third kappa shape index (κ3) is 3.37. The van der Waals surface area contributed by atoms with Crippen LogP contribution in [0.2, 0.25) is 0 Å². The summed E-state index contributed by atoms with van der Waals surface area (Å²) in [7, 11) is 1.90. The molecule has 0 aliphatic heterocycles. The van der Waals surface area contributed by atoms with Gasteiger partial charge in [-0.05, 0) is 7.05 Å². The lowest BCUT2D eigenvalue weighted by Crippen LogP contribution is -2.12. The second-order valence-electron chi connectivity index (χ2n) is 4.38. The van der Waals surface area contributed by atoms with E-state index in [0.29, 0.717) is 0 Å². The summed E-state index contributed by atoms with van der Waals surface area (Å²) in [5, 5.41) is 15.7. The molecule has 0 bridgehead atoms. The van der Waals surface area contributed by atoms with Gasteiger partial charge < -0.3 is 5.32 Å². The number of aryl methyl sites for hydroxylation is 4. The van der Waals surface area contributed by atoms with Crippen molar-refractivity contribution >= 4 is 0 Å². The second-order valence-corrected chi connectivity index (χ2v) is 4.38. The Morgan fingerprint density at radius 3 is 2.74 bits per heavy atom. The van der Waals surface area contributed by atoms with Gasteiger partial charge in [0.05, 0.1) is 18.8 Å². The standard InChI is InChI=1S/C12H21N7/c1-4-11-14-12(5-2)19(16-11)7-6-18-9-10(8-13-3)15-17-18/h9,13H,4-8H2,1-3H3. The Labute approximate surface area is 113 Å². The minimum absolute atomic E-state index is 0.740. The van der Waals surface area contributed by atoms with Gasteiger partial charge in [-0.25, -0.2) is 9.67 Å². The summed E-state index contributed by atoms with van der Waals surface area (Å²) in [5.41, 5.74) is 0.950. The molecule has 2 heterocycles. The van der Waals surface area contributed by atoms with E-state index in [1.807, 2.05) is 22.6 Å². The number of nitrogens with zero attached hydrogens (tertiary/aromatic N) is 6. The highest BCUT2D eigenvalue weighted by atomic mass is 15.4. The van der Waals surface area contributed by atoms with Crippen LogP contribution in [0.25, 0.3) is 0 Å². The molecule has 19 heavy (non-hydrogen) atoms. The van der Waals surface area contributed by atoms with Crippen molar-refractivity contribution in [1.29, 1.82) is 0 Å². The minimum Gasteiger partial charge on any atom is -0.314 e. The van der Waals surface area contributed by atoms with Crippen molar-refractivity contribution in [3.8, 4) is 0 Å². The first-order valence-corrected chi connectivity index (χ1v) is 6.73. The normalized spacial score (nSPS) is 11.1. The predicted octanol–water partition coefficient (Wildman–Crippen LogP) is 0.414. The van der Waals surface area contributed by atoms with E-state index in [2.05, 4.69) is 39.6 Å². The summed E-state index contributed by atoms with van der Waals surface area (Å²) < 4.78 is 3.82. The van der Waals surface area contributed by atoms with E-state index in [-0.39, 0.29) is 0 Å². The molecule has 0 amide bonds. The van der Waals surface area contributed by atoms with E-state index >= 15 is 0 Å². The molecule has 0 fully saturated rings. The van der Waals surface area contributed by atoms with E-state index in [1.54, 1.807) is 0 Å². The first-order chi connectivity index (χ1) is 9.26. The first-order valence-electron chi connectivity index (χ1n) is 6.73. The zero-order chi connectivity index (χ0) is 13.7. The van der Waals surface area contributed by atoms with Gasteiger partial charge >= 0.3 is 0 Å². The molecule has 0 saturated carbocycles. The topological polar surface area (TPSA) is 73.5 Å². The van der Waals surface area contributed by atoms with Crippen LogP contribution in [0.15, 0.2) is 6.20 Å². The molecular formula is C12H21N7. The fraction of sp³-hybridized carbons (Fsp3) is 0.667. The third-order valence-corrected chi connectivity index (χ3v) is 2.91. The molecule has 0 aliphatic carbocycles. The predicted molar refractivity (Wildman–Crippen MR) is 71.6 cm³/mol. The Bertz CT molecular complexity index is 514. The first kappa shape index (κ1) is 13.7. The molecule has 0 aromatic carbocycles. The molecule has 2 aromatic heterocycles. The summed E-state index contributed by atoms with van der Waals surface area (Å²) in [6, 6.07) is 0. The van der Waals surface area contributed by atoms with Crippen LogP contribution in [0.4, 0.5) is 0 Å². The van der Waals surface area contributed by atoms with Gasteiger partial charge in [0.15, 0.2) is 5.82 Å². The maximum Gasteiger partial charge on any atom is 0.150 e. The molecule has 2 rings (SSSR count). The summed E-state index contributed by atoms with van der Waals surface area (Å²) in [6.45, 7) is 6.44. The van der Waals surface area contributed by atoms with Gasteiger partial charge in [0, 0.05) is 25.6 Å². The molecule has 7 nitrogen and oxygen atoms in total. The van der Waals surface area contributed by atoms with Crippen LogP contribution >= 0.6 is 0 Å². The van der Waals surface area contributed by atoms with Crippen molar-refractivity contribution in [1.82, 2.24) is 35.1 Å². The fourth-order valence-corrected chi connectivity index (χ4v) is 1.92. The van der Waals surface area contributed by atoms with Crippen LogP contribution in [0.5, 0.6) is 0 Å². The third-order valence-electron chi connectivity index (χ3n) is 2.91. The number of aromatic nitrogens is 6. The van der Waals surface area contributed by atoms with Gasteiger partial charge in [-0.15, -0.1) is 5.10 Å². The van der Waals surface area contributed by atoms with Crippen molar-refractivity contribution < 1.29 is 0 Å². The van der Waals surface area contributed by atoms with Crippen LogP contribution in [0.3, 0.4) is 0 Å². The highest BCUT2D eigenvalue weighted by molar-refractivity contribution is 4.93. The van der Waals surface area contributed by atoms with Crippen LogP contribution in [0.1, 0.15) is 31.2 Å². The zero-order valence-electron chi connectivity index (χ0n) is 11.8. The Kier molecular flexibility index (Phi) is 4.62. The Balaban J connectivity index is 1.98. The molecule has 2 aromatic rings. The van der Waals surface area contributed by atoms with E-state index in [1.165, 1.54) is 0 Å². The number of hydrogen-bond donors (Lipinski definition) is 1. The Morgan fingerprint density at radius 2 is 2.05 bits per heavy atom. The Morgan fingerprint density at radius 1 is 1.21 bits per heavy atom.